The molecule has 0 saturated heterocycles. The summed E-state index contributed by atoms with van der Waals surface area (Å²) in [4.78, 5) is 0. The van der Waals surface area contributed by atoms with Gasteiger partial charge in [-0.3, -0.25) is 0 Å². The van der Waals surface area contributed by atoms with Gasteiger partial charge >= 0.3 is 6.85 Å². The molecule has 0 spiro atoms. The second kappa shape index (κ2) is 5.05. The van der Waals surface area contributed by atoms with Crippen molar-refractivity contribution < 1.29 is 4.48 Å². The van der Waals surface area contributed by atoms with E-state index in [-0.39, 0.29) is 14.3 Å². The van der Waals surface area contributed by atoms with Crippen molar-refractivity contribution in [3.05, 3.63) is 25.5 Å². The van der Waals surface area contributed by atoms with Gasteiger partial charge < -0.3 is 8.96 Å². The molecule has 1 aromatic rings. The number of imidazole rings is 1. The fourth-order valence-electron chi connectivity index (χ4n) is 1.75. The van der Waals surface area contributed by atoms with Gasteiger partial charge in [-0.05, 0) is 0 Å². The van der Waals surface area contributed by atoms with E-state index in [2.05, 4.69) is 48.2 Å². The largest absolute Gasteiger partial charge is 0.445 e. The van der Waals surface area contributed by atoms with Crippen molar-refractivity contribution in [1.82, 2.24) is 4.48 Å². The highest BCUT2D eigenvalue weighted by atomic mass is 15.0. The average Bonchev–Trinajstić information content (AvgIpc) is 2.62. The Hall–Kier alpha value is -0.790. The maximum atomic E-state index is 4.24. The molecule has 4 heteroatoms. The number of unbranched alkanes of at least 4 members (excludes halogenated alkanes) is 1. The van der Waals surface area contributed by atoms with Crippen molar-refractivity contribution in [3.8, 4) is 0 Å². The third kappa shape index (κ3) is 2.87. The zero-order valence-electron chi connectivity index (χ0n) is 9.16. The van der Waals surface area contributed by atoms with Crippen molar-refractivity contribution in [2.24, 2.45) is 0 Å². The minimum absolute atomic E-state index is 0.0530. The Morgan fingerprint density at radius 1 is 1.62 bits per heavy atom. The predicted molar refractivity (Wildman–Crippen MR) is 62.1 cm³/mol. The van der Waals surface area contributed by atoms with Crippen LogP contribution < -0.4 is 4.48 Å². The Labute approximate surface area is 82.3 Å². The highest BCUT2D eigenvalue weighted by Crippen LogP contribution is 2.01. The molecule has 0 aliphatic carbocycles. The van der Waals surface area contributed by atoms with Gasteiger partial charge in [0.15, 0.2) is 13.7 Å². The highest BCUT2D eigenvalue weighted by Gasteiger charge is 2.11. The fourth-order valence-corrected chi connectivity index (χ4v) is 1.75. The molecule has 13 heavy (non-hydrogen) atoms. The standard InChI is InChI=1S/C9H20B2N2/c1-4-5-6-11(3)13-8-7-12(9-13)10-2/h7-9,11H,3-6,10H2,1-2H3. The van der Waals surface area contributed by atoms with Crippen LogP contribution in [0.1, 0.15) is 19.8 Å². The van der Waals surface area contributed by atoms with E-state index in [1.165, 1.54) is 19.2 Å². The summed E-state index contributed by atoms with van der Waals surface area (Å²) in [7, 11) is 0.0530. The molecule has 0 aliphatic heterocycles. The lowest BCUT2D eigenvalue weighted by atomic mass is 9.60. The molecule has 0 aromatic carbocycles. The maximum absolute atomic E-state index is 4.24. The van der Waals surface area contributed by atoms with E-state index in [4.69, 9.17) is 0 Å². The van der Waals surface area contributed by atoms with Crippen LogP contribution in [0.25, 0.3) is 0 Å². The Balaban J connectivity index is 2.50. The van der Waals surface area contributed by atoms with Crippen molar-refractivity contribution in [1.29, 1.82) is 0 Å². The van der Waals surface area contributed by atoms with E-state index in [1.54, 1.807) is 0 Å². The van der Waals surface area contributed by atoms with Gasteiger partial charge in [0.25, 0.3) is 0 Å². The smallest absolute Gasteiger partial charge is 0.364 e. The summed E-state index contributed by atoms with van der Waals surface area (Å²) in [6, 6.07) is 0. The zero-order chi connectivity index (χ0) is 9.68. The van der Waals surface area contributed by atoms with Crippen molar-refractivity contribution >= 4 is 14.3 Å². The molecule has 0 fully saturated rings. The summed E-state index contributed by atoms with van der Waals surface area (Å²) in [6.45, 7) is 8.38. The number of aromatic nitrogens is 2. The molecule has 0 saturated carbocycles. The first-order valence-electron chi connectivity index (χ1n) is 5.84. The van der Waals surface area contributed by atoms with Crippen LogP contribution in [0.4, 0.5) is 0 Å². The number of hydrogen-bond donors (Lipinski definition) is 0. The molecular formula is C9H20B2N2. The molecule has 0 bridgehead atoms. The fraction of sp³-hybridized carbons (Fsp3) is 0.556. The topological polar surface area (TPSA) is 8.81 Å². The molecule has 0 aliphatic rings. The summed E-state index contributed by atoms with van der Waals surface area (Å²) in [5, 5.41) is 0. The van der Waals surface area contributed by atoms with Crippen LogP contribution >= 0.6 is 0 Å². The lowest BCUT2D eigenvalue weighted by Gasteiger charge is -2.06. The molecular weight excluding hydrogens is 158 g/mol. The molecule has 1 aromatic heterocycles. The number of hydrogen-bond acceptors (Lipinski definition) is 0. The van der Waals surface area contributed by atoms with E-state index >= 15 is 0 Å². The third-order valence-electron chi connectivity index (χ3n) is 2.87. The molecule has 0 N–H and O–H groups in total. The van der Waals surface area contributed by atoms with Gasteiger partial charge in [0.2, 0.25) is 0 Å². The summed E-state index contributed by atoms with van der Waals surface area (Å²) in [5.74, 6) is 0. The SMILES string of the molecule is [CH2+][BH-](CCCC)n1cc[n+]([BH2-]C)c1. The van der Waals surface area contributed by atoms with Gasteiger partial charge in [0, 0.05) is 0 Å². The first-order valence-corrected chi connectivity index (χ1v) is 5.84. The van der Waals surface area contributed by atoms with Crippen LogP contribution in [-0.4, -0.2) is 18.7 Å². The minimum Gasteiger partial charge on any atom is -0.445 e. The van der Waals surface area contributed by atoms with Gasteiger partial charge in [-0.2, -0.15) is 6.82 Å². The van der Waals surface area contributed by atoms with Crippen molar-refractivity contribution in [3.63, 3.8) is 0 Å². The molecule has 0 amide bonds. The lowest BCUT2D eigenvalue weighted by Crippen LogP contribution is -2.36. The van der Waals surface area contributed by atoms with Gasteiger partial charge in [0.05, 0.1) is 12.4 Å². The minimum atomic E-state index is -0.377. The van der Waals surface area contributed by atoms with E-state index in [0.29, 0.717) is 0 Å². The van der Waals surface area contributed by atoms with Gasteiger partial charge in [-0.25, -0.2) is 0 Å². The molecule has 1 rings (SSSR count). The van der Waals surface area contributed by atoms with Crippen LogP contribution in [0.2, 0.25) is 13.1 Å². The quantitative estimate of drug-likeness (QED) is 0.458. The number of rotatable bonds is 5. The normalized spacial score (nSPS) is 13.1. The van der Waals surface area contributed by atoms with Gasteiger partial charge in [-0.1, -0.05) is 32.9 Å². The Morgan fingerprint density at radius 3 is 2.92 bits per heavy atom. The first kappa shape index (κ1) is 10.3. The van der Waals surface area contributed by atoms with Gasteiger partial charge in [-0.15, -0.1) is 0 Å². The maximum Gasteiger partial charge on any atom is 0.364 e. The summed E-state index contributed by atoms with van der Waals surface area (Å²) in [5.41, 5.74) is 0. The zero-order valence-corrected chi connectivity index (χ0v) is 9.16. The molecule has 1 unspecified atom stereocenters. The molecule has 1 heterocycles. The summed E-state index contributed by atoms with van der Waals surface area (Å²) < 4.78 is 4.62. The molecule has 0 radical (unpaired) electrons. The second-order valence-corrected chi connectivity index (χ2v) is 4.05. The second-order valence-electron chi connectivity index (χ2n) is 4.05. The van der Waals surface area contributed by atoms with E-state index in [9.17, 15) is 0 Å². The monoisotopic (exact) mass is 178 g/mol. The Kier molecular flexibility index (Phi) is 4.00. The van der Waals surface area contributed by atoms with E-state index in [0.717, 1.165) is 0 Å². The lowest BCUT2D eigenvalue weighted by molar-refractivity contribution is -0.527. The molecule has 1 atom stereocenters. The third-order valence-corrected chi connectivity index (χ3v) is 2.87. The highest BCUT2D eigenvalue weighted by molar-refractivity contribution is 6.58. The van der Waals surface area contributed by atoms with E-state index < -0.39 is 0 Å². The van der Waals surface area contributed by atoms with Crippen molar-refractivity contribution in [2.45, 2.75) is 32.9 Å². The van der Waals surface area contributed by atoms with Gasteiger partial charge in [0.1, 0.15) is 0 Å². The van der Waals surface area contributed by atoms with E-state index in [1.807, 2.05) is 0 Å². The molecule has 2 nitrogen and oxygen atoms in total. The van der Waals surface area contributed by atoms with Crippen LogP contribution in [0.5, 0.6) is 0 Å². The van der Waals surface area contributed by atoms with Crippen LogP contribution in [0.3, 0.4) is 0 Å². The average molecular weight is 178 g/mol. The summed E-state index contributed by atoms with van der Waals surface area (Å²) in [6.07, 6.45) is 10.4. The summed E-state index contributed by atoms with van der Waals surface area (Å²) >= 11 is 0. The first-order chi connectivity index (χ1) is 6.27. The Bertz CT molecular complexity index is 248. The Morgan fingerprint density at radius 2 is 2.38 bits per heavy atom. The van der Waals surface area contributed by atoms with Crippen LogP contribution in [-0.2, 0) is 0 Å². The number of nitrogens with zero attached hydrogens (tertiary/aromatic N) is 2. The predicted octanol–water partition coefficient (Wildman–Crippen LogP) is 0.501. The van der Waals surface area contributed by atoms with Crippen molar-refractivity contribution in [2.75, 3.05) is 0 Å². The molecule has 72 valence electrons. The van der Waals surface area contributed by atoms with Crippen LogP contribution in [0, 0.1) is 6.82 Å². The van der Waals surface area contributed by atoms with Crippen LogP contribution in [0.15, 0.2) is 18.7 Å².